The summed E-state index contributed by atoms with van der Waals surface area (Å²) in [6.07, 6.45) is -0.0419. The Hall–Kier alpha value is -0.400. The SMILES string of the molecule is NS(=O)(=O)N1CCC(F)(c2c(Cl)cccc2Cl)CC1. The van der Waals surface area contributed by atoms with Crippen molar-refractivity contribution in [3.8, 4) is 0 Å². The smallest absolute Gasteiger partial charge is 0.238 e. The fourth-order valence-corrected chi connectivity index (χ4v) is 3.70. The van der Waals surface area contributed by atoms with E-state index < -0.39 is 15.9 Å². The molecule has 2 N–H and O–H groups in total. The Kier molecular flexibility index (Phi) is 4.09. The van der Waals surface area contributed by atoms with Crippen LogP contribution in [-0.4, -0.2) is 25.8 Å². The number of benzene rings is 1. The molecule has 1 aliphatic heterocycles. The molecule has 2 rings (SSSR count). The van der Waals surface area contributed by atoms with Crippen molar-refractivity contribution in [2.24, 2.45) is 5.14 Å². The highest BCUT2D eigenvalue weighted by Crippen LogP contribution is 2.44. The molecule has 0 spiro atoms. The molecule has 19 heavy (non-hydrogen) atoms. The van der Waals surface area contributed by atoms with Crippen LogP contribution in [0.2, 0.25) is 10.0 Å². The highest BCUT2D eigenvalue weighted by atomic mass is 35.5. The molecular weight excluding hydrogens is 314 g/mol. The molecule has 0 amide bonds. The average molecular weight is 327 g/mol. The maximum atomic E-state index is 15.0. The first-order chi connectivity index (χ1) is 8.74. The van der Waals surface area contributed by atoms with Crippen molar-refractivity contribution in [1.29, 1.82) is 0 Å². The predicted molar refractivity (Wildman–Crippen MR) is 73.2 cm³/mol. The first-order valence-electron chi connectivity index (χ1n) is 5.65. The zero-order valence-electron chi connectivity index (χ0n) is 9.94. The number of nitrogens with two attached hydrogens (primary N) is 1. The molecule has 1 heterocycles. The lowest BCUT2D eigenvalue weighted by Gasteiger charge is -2.35. The van der Waals surface area contributed by atoms with Crippen molar-refractivity contribution in [3.05, 3.63) is 33.8 Å². The van der Waals surface area contributed by atoms with Crippen LogP contribution >= 0.6 is 23.2 Å². The van der Waals surface area contributed by atoms with E-state index in [1.54, 1.807) is 18.2 Å². The summed E-state index contributed by atoms with van der Waals surface area (Å²) in [4.78, 5) is 0. The minimum absolute atomic E-state index is 0.0108. The van der Waals surface area contributed by atoms with Crippen LogP contribution in [0.15, 0.2) is 18.2 Å². The second kappa shape index (κ2) is 5.18. The standard InChI is InChI=1S/C11H13Cl2FN2O2S/c12-8-2-1-3-9(13)10(8)11(14)4-6-16(7-5-11)19(15,17)18/h1-3H,4-7H2,(H2,15,17,18). The van der Waals surface area contributed by atoms with E-state index in [0.717, 1.165) is 4.31 Å². The molecule has 1 aromatic carbocycles. The Morgan fingerprint density at radius 1 is 1.21 bits per heavy atom. The summed E-state index contributed by atoms with van der Waals surface area (Å²) in [5.74, 6) is 0. The third kappa shape index (κ3) is 3.03. The van der Waals surface area contributed by atoms with Gasteiger partial charge in [0.25, 0.3) is 10.2 Å². The molecule has 1 saturated heterocycles. The summed E-state index contributed by atoms with van der Waals surface area (Å²) < 4.78 is 38.4. The molecule has 0 unspecified atom stereocenters. The monoisotopic (exact) mass is 326 g/mol. The molecule has 0 saturated carbocycles. The third-order valence-electron chi connectivity index (χ3n) is 3.29. The van der Waals surface area contributed by atoms with Crippen molar-refractivity contribution in [2.75, 3.05) is 13.1 Å². The van der Waals surface area contributed by atoms with Crippen molar-refractivity contribution >= 4 is 33.4 Å². The molecule has 0 aliphatic carbocycles. The van der Waals surface area contributed by atoms with Gasteiger partial charge in [-0.15, -0.1) is 0 Å². The van der Waals surface area contributed by atoms with Crippen LogP contribution in [-0.2, 0) is 15.9 Å². The van der Waals surface area contributed by atoms with Crippen LogP contribution in [0.25, 0.3) is 0 Å². The number of hydrogen-bond donors (Lipinski definition) is 1. The maximum Gasteiger partial charge on any atom is 0.276 e. The Bertz CT molecular complexity index is 566. The van der Waals surface area contributed by atoms with Gasteiger partial charge < -0.3 is 0 Å². The molecule has 4 nitrogen and oxygen atoms in total. The molecule has 0 aromatic heterocycles. The van der Waals surface area contributed by atoms with Crippen LogP contribution < -0.4 is 5.14 Å². The van der Waals surface area contributed by atoms with E-state index in [2.05, 4.69) is 0 Å². The van der Waals surface area contributed by atoms with E-state index in [-0.39, 0.29) is 41.5 Å². The molecule has 106 valence electrons. The van der Waals surface area contributed by atoms with Gasteiger partial charge in [-0.25, -0.2) is 9.53 Å². The van der Waals surface area contributed by atoms with Crippen LogP contribution in [0.1, 0.15) is 18.4 Å². The van der Waals surface area contributed by atoms with Gasteiger partial charge in [0.05, 0.1) is 0 Å². The Morgan fingerprint density at radius 3 is 2.11 bits per heavy atom. The molecule has 8 heteroatoms. The zero-order chi connectivity index (χ0) is 14.3. The van der Waals surface area contributed by atoms with Gasteiger partial charge in [0, 0.05) is 28.7 Å². The quantitative estimate of drug-likeness (QED) is 0.907. The summed E-state index contributed by atoms with van der Waals surface area (Å²) in [6, 6.07) is 4.77. The lowest BCUT2D eigenvalue weighted by Crippen LogP contribution is -2.46. The summed E-state index contributed by atoms with van der Waals surface area (Å²) >= 11 is 12.0. The number of piperidine rings is 1. The van der Waals surface area contributed by atoms with E-state index >= 15 is 0 Å². The summed E-state index contributed by atoms with van der Waals surface area (Å²) in [7, 11) is -3.78. The Balaban J connectivity index is 2.28. The van der Waals surface area contributed by atoms with Gasteiger partial charge >= 0.3 is 0 Å². The molecule has 1 aliphatic rings. The topological polar surface area (TPSA) is 63.4 Å². The van der Waals surface area contributed by atoms with E-state index in [0.29, 0.717) is 0 Å². The number of hydrogen-bond acceptors (Lipinski definition) is 2. The first kappa shape index (κ1) is 15.0. The molecule has 0 radical (unpaired) electrons. The van der Waals surface area contributed by atoms with Crippen molar-refractivity contribution in [3.63, 3.8) is 0 Å². The maximum absolute atomic E-state index is 15.0. The van der Waals surface area contributed by atoms with Gasteiger partial charge in [-0.1, -0.05) is 29.3 Å². The van der Waals surface area contributed by atoms with Gasteiger partial charge in [0.15, 0.2) is 0 Å². The van der Waals surface area contributed by atoms with E-state index in [1.165, 1.54) is 0 Å². The minimum Gasteiger partial charge on any atom is -0.238 e. The Morgan fingerprint density at radius 2 is 1.68 bits per heavy atom. The van der Waals surface area contributed by atoms with Gasteiger partial charge in [0.2, 0.25) is 0 Å². The number of nitrogens with zero attached hydrogens (tertiary/aromatic N) is 1. The number of alkyl halides is 1. The van der Waals surface area contributed by atoms with Crippen LogP contribution in [0, 0.1) is 0 Å². The molecular formula is C11H13Cl2FN2O2S. The molecule has 1 fully saturated rings. The predicted octanol–water partition coefficient (Wildman–Crippen LogP) is 2.46. The van der Waals surface area contributed by atoms with E-state index in [9.17, 15) is 12.8 Å². The largest absolute Gasteiger partial charge is 0.276 e. The molecule has 1 aromatic rings. The fourth-order valence-electron chi connectivity index (χ4n) is 2.27. The van der Waals surface area contributed by atoms with Gasteiger partial charge in [-0.2, -0.15) is 12.7 Å². The average Bonchev–Trinajstić information content (AvgIpc) is 2.27. The third-order valence-corrected chi connectivity index (χ3v) is 5.00. The number of halogens is 3. The minimum atomic E-state index is -3.78. The zero-order valence-corrected chi connectivity index (χ0v) is 12.3. The van der Waals surface area contributed by atoms with E-state index in [1.807, 2.05) is 0 Å². The highest BCUT2D eigenvalue weighted by molar-refractivity contribution is 7.86. The van der Waals surface area contributed by atoms with Crippen LogP contribution in [0.5, 0.6) is 0 Å². The van der Waals surface area contributed by atoms with Crippen molar-refractivity contribution in [2.45, 2.75) is 18.5 Å². The molecule has 0 atom stereocenters. The second-order valence-electron chi connectivity index (χ2n) is 4.51. The lowest BCUT2D eigenvalue weighted by atomic mass is 9.87. The summed E-state index contributed by atoms with van der Waals surface area (Å²) in [5, 5.41) is 5.52. The fraction of sp³-hybridized carbons (Fsp3) is 0.455. The normalized spacial score (nSPS) is 20.4. The first-order valence-corrected chi connectivity index (χ1v) is 7.91. The summed E-state index contributed by atoms with van der Waals surface area (Å²) in [5.41, 5.74) is -1.50. The van der Waals surface area contributed by atoms with Crippen molar-refractivity contribution < 1.29 is 12.8 Å². The Labute approximate surface area is 121 Å². The highest BCUT2D eigenvalue weighted by Gasteiger charge is 2.41. The van der Waals surface area contributed by atoms with E-state index in [4.69, 9.17) is 28.3 Å². The van der Waals surface area contributed by atoms with Crippen LogP contribution in [0.3, 0.4) is 0 Å². The molecule has 0 bridgehead atoms. The lowest BCUT2D eigenvalue weighted by molar-refractivity contribution is 0.0872. The van der Waals surface area contributed by atoms with Crippen molar-refractivity contribution in [1.82, 2.24) is 4.31 Å². The summed E-state index contributed by atoms with van der Waals surface area (Å²) in [6.45, 7) is 0.0216. The number of rotatable bonds is 2. The van der Waals surface area contributed by atoms with Gasteiger partial charge in [0.1, 0.15) is 5.67 Å². The van der Waals surface area contributed by atoms with Gasteiger partial charge in [-0.05, 0) is 25.0 Å². The second-order valence-corrected chi connectivity index (χ2v) is 6.87. The van der Waals surface area contributed by atoms with Crippen LogP contribution in [0.4, 0.5) is 4.39 Å². The van der Waals surface area contributed by atoms with Gasteiger partial charge in [-0.3, -0.25) is 0 Å².